The summed E-state index contributed by atoms with van der Waals surface area (Å²) in [6, 6.07) is 6.94. The van der Waals surface area contributed by atoms with Gasteiger partial charge in [0.2, 0.25) is 10.0 Å². The number of hydrogen-bond acceptors (Lipinski definition) is 5. The Morgan fingerprint density at radius 2 is 2.12 bits per heavy atom. The summed E-state index contributed by atoms with van der Waals surface area (Å²) in [6.45, 7) is 2.42. The number of rotatable bonds is 3. The molecule has 7 nitrogen and oxygen atoms in total. The van der Waals surface area contributed by atoms with Crippen LogP contribution in [-0.4, -0.2) is 39.0 Å². The Balaban J connectivity index is 1.83. The molecule has 0 saturated carbocycles. The van der Waals surface area contributed by atoms with Crippen molar-refractivity contribution in [3.8, 4) is 0 Å². The van der Waals surface area contributed by atoms with Gasteiger partial charge in [0, 0.05) is 25.2 Å². The normalized spacial score (nSPS) is 18.9. The molecule has 0 spiro atoms. The number of aryl methyl sites for hydroxylation is 2. The monoisotopic (exact) mass is 357 g/mol. The van der Waals surface area contributed by atoms with Crippen molar-refractivity contribution in [2.24, 2.45) is 7.05 Å². The number of nitrogens with zero attached hydrogens (tertiary/aromatic N) is 5. The summed E-state index contributed by atoms with van der Waals surface area (Å²) in [5.74, 6) is 0.671. The molecule has 3 heterocycles. The lowest BCUT2D eigenvalue weighted by molar-refractivity contribution is 0.377. The van der Waals surface area contributed by atoms with Gasteiger partial charge in [-0.3, -0.25) is 4.98 Å². The zero-order valence-electron chi connectivity index (χ0n) is 14.1. The number of benzene rings is 1. The highest BCUT2D eigenvalue weighted by molar-refractivity contribution is 7.89. The fraction of sp³-hybridized carbons (Fsp3) is 0.353. The smallest absolute Gasteiger partial charge is 0.245 e. The van der Waals surface area contributed by atoms with Crippen LogP contribution in [0.4, 0.5) is 0 Å². The molecule has 1 aromatic carbocycles. The lowest BCUT2D eigenvalue weighted by atomic mass is 10.2. The predicted octanol–water partition coefficient (Wildman–Crippen LogP) is 2.20. The Morgan fingerprint density at radius 1 is 1.28 bits per heavy atom. The number of sulfonamides is 1. The summed E-state index contributed by atoms with van der Waals surface area (Å²) < 4.78 is 30.1. The van der Waals surface area contributed by atoms with Gasteiger partial charge in [-0.05, 0) is 37.5 Å². The van der Waals surface area contributed by atoms with Crippen LogP contribution >= 0.6 is 0 Å². The maximum absolute atomic E-state index is 13.4. The van der Waals surface area contributed by atoms with Gasteiger partial charge in [-0.2, -0.15) is 4.31 Å². The molecule has 0 unspecified atom stereocenters. The summed E-state index contributed by atoms with van der Waals surface area (Å²) in [6.07, 6.45) is 4.84. The van der Waals surface area contributed by atoms with E-state index in [1.54, 1.807) is 29.2 Å². The Labute approximate surface area is 146 Å². The highest BCUT2D eigenvalue weighted by Gasteiger charge is 2.39. The SMILES string of the molecule is Cc1cnc2c(S(=O)(=O)N3CCC[C@H]3c3nncn3C)cccc2c1. The number of para-hydroxylation sites is 1. The number of pyridine rings is 1. The number of hydrogen-bond donors (Lipinski definition) is 0. The second-order valence-corrected chi connectivity index (χ2v) is 8.27. The van der Waals surface area contributed by atoms with Crippen LogP contribution in [0.5, 0.6) is 0 Å². The van der Waals surface area contributed by atoms with Crippen molar-refractivity contribution in [3.63, 3.8) is 0 Å². The molecule has 0 bridgehead atoms. The first kappa shape index (κ1) is 16.2. The molecule has 0 radical (unpaired) electrons. The fourth-order valence-corrected chi connectivity index (χ4v) is 5.28. The van der Waals surface area contributed by atoms with Crippen LogP contribution in [-0.2, 0) is 17.1 Å². The first-order valence-electron chi connectivity index (χ1n) is 8.19. The van der Waals surface area contributed by atoms with E-state index in [4.69, 9.17) is 0 Å². The Kier molecular flexibility index (Phi) is 3.81. The Morgan fingerprint density at radius 3 is 2.88 bits per heavy atom. The van der Waals surface area contributed by atoms with Gasteiger partial charge in [-0.1, -0.05) is 12.1 Å². The average Bonchev–Trinajstić information content (AvgIpc) is 3.22. The molecule has 1 saturated heterocycles. The third-order valence-electron chi connectivity index (χ3n) is 4.65. The Bertz CT molecular complexity index is 1040. The molecule has 8 heteroatoms. The van der Waals surface area contributed by atoms with Crippen LogP contribution in [0.3, 0.4) is 0 Å². The van der Waals surface area contributed by atoms with Crippen LogP contribution in [0.15, 0.2) is 41.7 Å². The molecule has 1 aliphatic rings. The summed E-state index contributed by atoms with van der Waals surface area (Å²) in [5.41, 5.74) is 1.51. The van der Waals surface area contributed by atoms with Crippen LogP contribution in [0.2, 0.25) is 0 Å². The molecule has 1 fully saturated rings. The van der Waals surface area contributed by atoms with Crippen molar-refractivity contribution >= 4 is 20.9 Å². The van der Waals surface area contributed by atoms with Crippen molar-refractivity contribution < 1.29 is 8.42 Å². The van der Waals surface area contributed by atoms with E-state index in [0.717, 1.165) is 23.8 Å². The van der Waals surface area contributed by atoms with E-state index in [0.29, 0.717) is 17.9 Å². The Hall–Kier alpha value is -2.32. The van der Waals surface area contributed by atoms with E-state index >= 15 is 0 Å². The maximum atomic E-state index is 13.4. The molecular formula is C17H19N5O2S. The van der Waals surface area contributed by atoms with Crippen molar-refractivity contribution in [2.45, 2.75) is 30.7 Å². The second-order valence-electron chi connectivity index (χ2n) is 6.41. The van der Waals surface area contributed by atoms with Gasteiger partial charge < -0.3 is 4.57 Å². The molecular weight excluding hydrogens is 338 g/mol. The van der Waals surface area contributed by atoms with E-state index in [1.165, 1.54) is 4.31 Å². The van der Waals surface area contributed by atoms with Gasteiger partial charge in [-0.25, -0.2) is 8.42 Å². The van der Waals surface area contributed by atoms with Crippen LogP contribution in [0.25, 0.3) is 10.9 Å². The van der Waals surface area contributed by atoms with Gasteiger partial charge in [0.05, 0.1) is 11.6 Å². The summed E-state index contributed by atoms with van der Waals surface area (Å²) in [7, 11) is -1.85. The largest absolute Gasteiger partial charge is 0.319 e. The minimum atomic E-state index is -3.68. The minimum absolute atomic E-state index is 0.249. The zero-order valence-corrected chi connectivity index (χ0v) is 14.9. The standard InChI is InChI=1S/C17H19N5O2S/c1-12-9-13-5-3-7-15(16(13)18-10-12)25(23,24)22-8-4-6-14(22)17-20-19-11-21(17)2/h3,5,7,9-11,14H,4,6,8H2,1-2H3/t14-/m0/s1. The highest BCUT2D eigenvalue weighted by Crippen LogP contribution is 2.36. The van der Waals surface area contributed by atoms with Crippen LogP contribution < -0.4 is 0 Å². The molecule has 130 valence electrons. The lowest BCUT2D eigenvalue weighted by Crippen LogP contribution is -2.32. The lowest BCUT2D eigenvalue weighted by Gasteiger charge is -2.23. The molecule has 0 amide bonds. The van der Waals surface area contributed by atoms with E-state index in [1.807, 2.05) is 26.1 Å². The average molecular weight is 357 g/mol. The van der Waals surface area contributed by atoms with Gasteiger partial charge >= 0.3 is 0 Å². The van der Waals surface area contributed by atoms with E-state index in [-0.39, 0.29) is 10.9 Å². The number of fused-ring (bicyclic) bond motifs is 1. The van der Waals surface area contributed by atoms with Gasteiger partial charge in [0.25, 0.3) is 0 Å². The van der Waals surface area contributed by atoms with Gasteiger partial charge in [-0.15, -0.1) is 10.2 Å². The van der Waals surface area contributed by atoms with E-state index in [2.05, 4.69) is 15.2 Å². The first-order chi connectivity index (χ1) is 12.0. The molecule has 25 heavy (non-hydrogen) atoms. The minimum Gasteiger partial charge on any atom is -0.319 e. The maximum Gasteiger partial charge on any atom is 0.245 e. The summed E-state index contributed by atoms with van der Waals surface area (Å²) >= 11 is 0. The molecule has 1 aliphatic heterocycles. The number of aromatic nitrogens is 4. The third-order valence-corrected chi connectivity index (χ3v) is 6.59. The summed E-state index contributed by atoms with van der Waals surface area (Å²) in [5, 5.41) is 8.84. The van der Waals surface area contributed by atoms with Gasteiger partial charge in [0.1, 0.15) is 11.2 Å². The third kappa shape index (κ3) is 2.61. The second kappa shape index (κ2) is 5.89. The van der Waals surface area contributed by atoms with Crippen molar-refractivity contribution in [3.05, 3.63) is 48.2 Å². The first-order valence-corrected chi connectivity index (χ1v) is 9.63. The van der Waals surface area contributed by atoms with Crippen molar-refractivity contribution in [1.82, 2.24) is 24.1 Å². The molecule has 4 rings (SSSR count). The van der Waals surface area contributed by atoms with Crippen LogP contribution in [0, 0.1) is 6.92 Å². The topological polar surface area (TPSA) is 81.0 Å². The van der Waals surface area contributed by atoms with E-state index < -0.39 is 10.0 Å². The molecule has 1 atom stereocenters. The van der Waals surface area contributed by atoms with Crippen LogP contribution in [0.1, 0.15) is 30.3 Å². The molecule has 0 N–H and O–H groups in total. The highest BCUT2D eigenvalue weighted by atomic mass is 32.2. The van der Waals surface area contributed by atoms with Crippen molar-refractivity contribution in [1.29, 1.82) is 0 Å². The quantitative estimate of drug-likeness (QED) is 0.718. The van der Waals surface area contributed by atoms with Crippen molar-refractivity contribution in [2.75, 3.05) is 6.54 Å². The predicted molar refractivity (Wildman–Crippen MR) is 93.3 cm³/mol. The molecule has 0 aliphatic carbocycles. The fourth-order valence-electron chi connectivity index (χ4n) is 3.46. The zero-order chi connectivity index (χ0) is 17.6. The molecule has 3 aromatic rings. The summed E-state index contributed by atoms with van der Waals surface area (Å²) in [4.78, 5) is 4.63. The van der Waals surface area contributed by atoms with Gasteiger partial charge in [0.15, 0.2) is 5.82 Å². The molecule has 2 aromatic heterocycles. The van der Waals surface area contributed by atoms with E-state index in [9.17, 15) is 8.42 Å².